The lowest BCUT2D eigenvalue weighted by molar-refractivity contribution is -0.170. The summed E-state index contributed by atoms with van der Waals surface area (Å²) in [4.78, 5) is 42.1. The number of benzene rings is 4. The van der Waals surface area contributed by atoms with Gasteiger partial charge in [-0.05, 0) is 19.4 Å². The summed E-state index contributed by atoms with van der Waals surface area (Å²) >= 11 is 0. The number of rotatable bonds is 8. The number of hydrogen-bond donors (Lipinski definition) is 1. The minimum Gasteiger partial charge on any atom is -0.443 e. The molecule has 2 saturated heterocycles. The van der Waals surface area contributed by atoms with Crippen molar-refractivity contribution in [3.63, 3.8) is 0 Å². The van der Waals surface area contributed by atoms with Crippen molar-refractivity contribution in [3.05, 3.63) is 144 Å². The first-order valence-electron chi connectivity index (χ1n) is 14.2. The molecule has 2 aliphatic rings. The van der Waals surface area contributed by atoms with Crippen LogP contribution in [0.2, 0.25) is 0 Å². The number of fused-ring (bicyclic) bond motifs is 1. The molecule has 6 rings (SSSR count). The Morgan fingerprint density at radius 2 is 1.23 bits per heavy atom. The van der Waals surface area contributed by atoms with Gasteiger partial charge < -0.3 is 15.0 Å². The number of carbonyl (C=O) groups excluding carboxylic acids is 3. The molecule has 1 N–H and O–H groups in total. The Morgan fingerprint density at radius 1 is 0.791 bits per heavy atom. The summed E-state index contributed by atoms with van der Waals surface area (Å²) in [7, 11) is -1.66. The molecule has 8 heteroatoms. The lowest BCUT2D eigenvalue weighted by Gasteiger charge is -2.44. The van der Waals surface area contributed by atoms with Crippen LogP contribution in [0.25, 0.3) is 0 Å². The van der Waals surface area contributed by atoms with Crippen molar-refractivity contribution in [1.29, 1.82) is 0 Å². The monoisotopic (exact) mass is 592 g/mol. The summed E-state index contributed by atoms with van der Waals surface area (Å²) in [6.45, 7) is 3.41. The predicted molar refractivity (Wildman–Crippen MR) is 164 cm³/mol. The topological polar surface area (TPSA) is 92.8 Å². The molecule has 1 unspecified atom stereocenters. The summed E-state index contributed by atoms with van der Waals surface area (Å²) < 4.78 is 19.3. The van der Waals surface area contributed by atoms with Crippen molar-refractivity contribution >= 4 is 28.6 Å². The molecule has 218 valence electrons. The molecule has 2 amide bonds. The molecular weight excluding hydrogens is 560 g/mol. The van der Waals surface area contributed by atoms with Gasteiger partial charge in [0.2, 0.25) is 11.8 Å². The van der Waals surface area contributed by atoms with Gasteiger partial charge in [0, 0.05) is 16.7 Å². The van der Waals surface area contributed by atoms with Gasteiger partial charge >= 0.3 is 5.97 Å². The number of carbonyl (C=O) groups is 3. The van der Waals surface area contributed by atoms with Gasteiger partial charge in [-0.1, -0.05) is 121 Å². The highest BCUT2D eigenvalue weighted by molar-refractivity contribution is 7.87. The first kappa shape index (κ1) is 28.6. The average molecular weight is 593 g/mol. The highest BCUT2D eigenvalue weighted by Gasteiger charge is 2.69. The van der Waals surface area contributed by atoms with Crippen molar-refractivity contribution in [2.24, 2.45) is 0 Å². The Hall–Kier alpha value is -4.56. The molecule has 0 bridgehead atoms. The number of amides is 2. The number of esters is 1. The maximum absolute atomic E-state index is 14.4. The van der Waals surface area contributed by atoms with Crippen molar-refractivity contribution in [1.82, 2.24) is 10.2 Å². The fraction of sp³-hybridized carbons (Fsp3) is 0.229. The molecule has 43 heavy (non-hydrogen) atoms. The molecule has 7 nitrogen and oxygen atoms in total. The fourth-order valence-electron chi connectivity index (χ4n) is 6.18. The molecule has 0 radical (unpaired) electrons. The number of nitrogens with one attached hydrogen (secondary N) is 1. The van der Waals surface area contributed by atoms with Crippen LogP contribution in [0.1, 0.15) is 36.1 Å². The van der Waals surface area contributed by atoms with E-state index in [1.807, 2.05) is 121 Å². The zero-order valence-corrected chi connectivity index (χ0v) is 24.7. The van der Waals surface area contributed by atoms with Crippen LogP contribution < -0.4 is 5.32 Å². The summed E-state index contributed by atoms with van der Waals surface area (Å²) in [6, 6.07) is 35.5. The summed E-state index contributed by atoms with van der Waals surface area (Å²) in [5.41, 5.74) is 1.66. The molecule has 2 aliphatic heterocycles. The minimum absolute atomic E-state index is 0.0899. The predicted octanol–water partition coefficient (Wildman–Crippen LogP) is 4.33. The van der Waals surface area contributed by atoms with Crippen LogP contribution >= 0.6 is 0 Å². The molecule has 0 saturated carbocycles. The first-order chi connectivity index (χ1) is 20.7. The van der Waals surface area contributed by atoms with Gasteiger partial charge in [0.15, 0.2) is 5.60 Å². The van der Waals surface area contributed by atoms with E-state index in [-0.39, 0.29) is 12.3 Å². The Labute approximate surface area is 253 Å². The van der Waals surface area contributed by atoms with Crippen molar-refractivity contribution in [3.8, 4) is 0 Å². The smallest absolute Gasteiger partial charge is 0.332 e. The highest BCUT2D eigenvalue weighted by Crippen LogP contribution is 2.47. The molecule has 2 heterocycles. The third kappa shape index (κ3) is 4.85. The SMILES string of the molecule is CC1(C)[C@H](C(=O)OC(c2ccccc2)(c2ccccc2)c2ccccc2)N2C(=O)[C@@H](NC(=O)Cc3ccccc3)[C@H]2S1=O. The van der Waals surface area contributed by atoms with E-state index < -0.39 is 50.5 Å². The van der Waals surface area contributed by atoms with Crippen LogP contribution in [0.4, 0.5) is 0 Å². The van der Waals surface area contributed by atoms with Gasteiger partial charge in [0.25, 0.3) is 0 Å². The van der Waals surface area contributed by atoms with E-state index >= 15 is 0 Å². The Balaban J connectivity index is 1.34. The quantitative estimate of drug-likeness (QED) is 0.187. The molecule has 0 aromatic heterocycles. The number of hydrogen-bond acceptors (Lipinski definition) is 5. The van der Waals surface area contributed by atoms with E-state index in [0.717, 1.165) is 22.3 Å². The van der Waals surface area contributed by atoms with Crippen LogP contribution in [0.15, 0.2) is 121 Å². The lowest BCUT2D eigenvalue weighted by atomic mass is 9.80. The maximum Gasteiger partial charge on any atom is 0.332 e. The first-order valence-corrected chi connectivity index (χ1v) is 15.4. The summed E-state index contributed by atoms with van der Waals surface area (Å²) in [6.07, 6.45) is 0.0899. The second-order valence-corrected chi connectivity index (χ2v) is 13.5. The zero-order chi connectivity index (χ0) is 30.2. The summed E-state index contributed by atoms with van der Waals surface area (Å²) in [5, 5.41) is 1.93. The van der Waals surface area contributed by atoms with E-state index in [4.69, 9.17) is 4.74 Å². The third-order valence-electron chi connectivity index (χ3n) is 8.30. The Bertz CT molecular complexity index is 1570. The van der Waals surface area contributed by atoms with Crippen LogP contribution in [0, 0.1) is 0 Å². The van der Waals surface area contributed by atoms with Gasteiger partial charge in [-0.25, -0.2) is 4.79 Å². The van der Waals surface area contributed by atoms with Gasteiger partial charge in [-0.3, -0.25) is 13.8 Å². The van der Waals surface area contributed by atoms with Crippen molar-refractivity contribution in [2.45, 2.75) is 48.1 Å². The second kappa shape index (κ2) is 11.3. The van der Waals surface area contributed by atoms with E-state index in [0.29, 0.717) is 0 Å². The molecule has 0 spiro atoms. The van der Waals surface area contributed by atoms with E-state index in [9.17, 15) is 18.6 Å². The van der Waals surface area contributed by atoms with E-state index in [1.165, 1.54) is 4.90 Å². The molecule has 4 aromatic rings. The lowest BCUT2D eigenvalue weighted by Crippen LogP contribution is -2.72. The van der Waals surface area contributed by atoms with Gasteiger partial charge in [0.05, 0.1) is 22.0 Å². The van der Waals surface area contributed by atoms with Crippen LogP contribution in [0.3, 0.4) is 0 Å². The molecule has 4 atom stereocenters. The van der Waals surface area contributed by atoms with Crippen molar-refractivity contribution in [2.75, 3.05) is 0 Å². The molecule has 0 aliphatic carbocycles. The number of nitrogens with zero attached hydrogens (tertiary/aromatic N) is 1. The molecular formula is C35H32N2O5S. The van der Waals surface area contributed by atoms with E-state index in [2.05, 4.69) is 5.32 Å². The highest BCUT2D eigenvalue weighted by atomic mass is 32.2. The van der Waals surface area contributed by atoms with Gasteiger partial charge in [0.1, 0.15) is 17.5 Å². The standard InChI is InChI=1S/C35H32N2O5S/c1-34(2)30(37-31(39)29(32(37)43(34)41)36-28(38)23-24-15-7-3-8-16-24)33(40)42-35(25-17-9-4-10-18-25,26-19-11-5-12-20-26)27-21-13-6-14-22-27/h3-22,29-30,32H,23H2,1-2H3,(H,36,38)/t29-,30+,32-,43?/m1/s1. The maximum atomic E-state index is 14.4. The average Bonchev–Trinajstić information content (AvgIpc) is 3.22. The Morgan fingerprint density at radius 3 is 1.70 bits per heavy atom. The number of ether oxygens (including phenoxy) is 1. The van der Waals surface area contributed by atoms with Gasteiger partial charge in [-0.15, -0.1) is 0 Å². The largest absolute Gasteiger partial charge is 0.443 e. The van der Waals surface area contributed by atoms with Crippen LogP contribution in [0.5, 0.6) is 0 Å². The summed E-state index contributed by atoms with van der Waals surface area (Å²) in [5.74, 6) is -1.46. The molecule has 2 fully saturated rings. The number of β-lactam (4-membered cyclic amide) rings is 1. The fourth-order valence-corrected chi connectivity index (χ4v) is 8.10. The molecule has 4 aromatic carbocycles. The minimum atomic E-state index is -1.66. The van der Waals surface area contributed by atoms with Crippen molar-refractivity contribution < 1.29 is 23.3 Å². The normalized spacial score (nSPS) is 22.3. The van der Waals surface area contributed by atoms with Gasteiger partial charge in [-0.2, -0.15) is 0 Å². The van der Waals surface area contributed by atoms with E-state index in [1.54, 1.807) is 13.8 Å². The second-order valence-electron chi connectivity index (χ2n) is 11.3. The van der Waals surface area contributed by atoms with Crippen LogP contribution in [-0.2, 0) is 41.9 Å². The van der Waals surface area contributed by atoms with Crippen LogP contribution in [-0.4, -0.2) is 49.1 Å². The third-order valence-corrected chi connectivity index (χ3v) is 10.5. The zero-order valence-electron chi connectivity index (χ0n) is 23.9. The Kier molecular flexibility index (Phi) is 7.48.